The molecule has 11 nitrogen and oxygen atoms in total. The normalized spacial score (nSPS) is 12.7. The van der Waals surface area contributed by atoms with Crippen molar-refractivity contribution in [2.24, 2.45) is 5.73 Å². The molecule has 12 heteroatoms. The summed E-state index contributed by atoms with van der Waals surface area (Å²) < 4.78 is 0. The van der Waals surface area contributed by atoms with E-state index in [0.29, 0.717) is 5.69 Å². The average Bonchev–Trinajstić information content (AvgIpc) is 3.09. The Kier molecular flexibility index (Phi) is 8.43. The van der Waals surface area contributed by atoms with Crippen LogP contribution < -0.4 is 21.7 Å². The molecule has 138 valence electrons. The lowest BCUT2D eigenvalue weighted by atomic mass is 10.1. The summed E-state index contributed by atoms with van der Waals surface area (Å²) in [6.07, 6.45) is 2.84. The number of carboxylic acids is 1. The van der Waals surface area contributed by atoms with E-state index in [2.05, 4.69) is 38.5 Å². The van der Waals surface area contributed by atoms with Gasteiger partial charge in [0.2, 0.25) is 17.7 Å². The molecule has 1 rings (SSSR count). The van der Waals surface area contributed by atoms with Crippen molar-refractivity contribution in [3.63, 3.8) is 0 Å². The Labute approximate surface area is 148 Å². The predicted molar refractivity (Wildman–Crippen MR) is 89.7 cm³/mol. The molecule has 0 aliphatic rings. The summed E-state index contributed by atoms with van der Waals surface area (Å²) in [5, 5.41) is 16.1. The standard InChI is InChI=1S/C13H20N6O5S/c14-2-10(20)16-4-11(21)18-9(5-25)12(22)19-8(13(23)24)1-7-3-15-6-17-7/h3,6,8-9,25H,1-2,4-5,14H2,(H,15,17)(H,16,20)(H,18,21)(H,19,22)(H,23,24)/t8-,9-/m0/s1. The number of H-pyrrole nitrogens is 1. The van der Waals surface area contributed by atoms with Gasteiger partial charge in [0, 0.05) is 24.1 Å². The molecule has 0 unspecified atom stereocenters. The Hall–Kier alpha value is -2.60. The minimum absolute atomic E-state index is 0.000862. The number of rotatable bonds is 10. The van der Waals surface area contributed by atoms with Crippen LogP contribution in [0.3, 0.4) is 0 Å². The monoisotopic (exact) mass is 372 g/mol. The molecule has 25 heavy (non-hydrogen) atoms. The first-order valence-corrected chi connectivity index (χ1v) is 7.88. The van der Waals surface area contributed by atoms with Crippen LogP contribution >= 0.6 is 12.6 Å². The van der Waals surface area contributed by atoms with Crippen LogP contribution in [0.5, 0.6) is 0 Å². The van der Waals surface area contributed by atoms with Gasteiger partial charge in [-0.15, -0.1) is 0 Å². The van der Waals surface area contributed by atoms with Gasteiger partial charge in [-0.1, -0.05) is 0 Å². The number of hydrogen-bond donors (Lipinski definition) is 7. The number of imidazole rings is 1. The Bertz CT molecular complexity index is 608. The smallest absolute Gasteiger partial charge is 0.326 e. The molecule has 0 bridgehead atoms. The highest BCUT2D eigenvalue weighted by molar-refractivity contribution is 7.80. The molecule has 0 radical (unpaired) electrons. The Morgan fingerprint density at radius 3 is 2.48 bits per heavy atom. The summed E-state index contributed by atoms with van der Waals surface area (Å²) in [6.45, 7) is -0.623. The van der Waals surface area contributed by atoms with Crippen molar-refractivity contribution in [1.29, 1.82) is 0 Å². The molecule has 0 saturated carbocycles. The Morgan fingerprint density at radius 1 is 1.24 bits per heavy atom. The van der Waals surface area contributed by atoms with Crippen LogP contribution in [0.15, 0.2) is 12.5 Å². The number of nitrogens with zero attached hydrogens (tertiary/aromatic N) is 1. The second kappa shape index (κ2) is 10.3. The zero-order valence-corrected chi connectivity index (χ0v) is 14.1. The second-order valence-corrected chi connectivity index (χ2v) is 5.33. The summed E-state index contributed by atoms with van der Waals surface area (Å²) in [5.41, 5.74) is 5.62. The number of aromatic amines is 1. The SMILES string of the molecule is NCC(=O)NCC(=O)N[C@@H](CS)C(=O)N[C@@H](Cc1cnc[nH]1)C(=O)O. The lowest BCUT2D eigenvalue weighted by Crippen LogP contribution is -2.54. The molecule has 0 aliphatic heterocycles. The number of aliphatic carboxylic acids is 1. The average molecular weight is 372 g/mol. The molecule has 1 heterocycles. The van der Waals surface area contributed by atoms with Crippen molar-refractivity contribution < 1.29 is 24.3 Å². The van der Waals surface area contributed by atoms with Gasteiger partial charge in [-0.25, -0.2) is 9.78 Å². The van der Waals surface area contributed by atoms with Crippen LogP contribution in [-0.4, -0.2) is 69.7 Å². The topological polar surface area (TPSA) is 179 Å². The Morgan fingerprint density at radius 2 is 1.96 bits per heavy atom. The highest BCUT2D eigenvalue weighted by Gasteiger charge is 2.26. The fourth-order valence-electron chi connectivity index (χ4n) is 1.78. The van der Waals surface area contributed by atoms with Crippen molar-refractivity contribution in [2.75, 3.05) is 18.8 Å². The molecular weight excluding hydrogens is 352 g/mol. The molecule has 0 aliphatic carbocycles. The third-order valence-electron chi connectivity index (χ3n) is 3.06. The lowest BCUT2D eigenvalue weighted by molar-refractivity contribution is -0.142. The third kappa shape index (κ3) is 7.22. The van der Waals surface area contributed by atoms with Crippen molar-refractivity contribution >= 4 is 36.3 Å². The van der Waals surface area contributed by atoms with Crippen molar-refractivity contribution in [3.8, 4) is 0 Å². The number of carbonyl (C=O) groups excluding carboxylic acids is 3. The van der Waals surface area contributed by atoms with E-state index in [0.717, 1.165) is 0 Å². The van der Waals surface area contributed by atoms with E-state index >= 15 is 0 Å². The first kappa shape index (κ1) is 20.4. The number of carbonyl (C=O) groups is 4. The van der Waals surface area contributed by atoms with E-state index in [9.17, 15) is 24.3 Å². The van der Waals surface area contributed by atoms with E-state index in [1.165, 1.54) is 12.5 Å². The second-order valence-electron chi connectivity index (χ2n) is 4.96. The molecule has 3 amide bonds. The molecule has 0 saturated heterocycles. The maximum atomic E-state index is 12.2. The third-order valence-corrected chi connectivity index (χ3v) is 3.42. The van der Waals surface area contributed by atoms with Crippen LogP contribution in [0, 0.1) is 0 Å². The lowest BCUT2D eigenvalue weighted by Gasteiger charge is -2.20. The summed E-state index contributed by atoms with van der Waals surface area (Å²) >= 11 is 3.97. The number of aromatic nitrogens is 2. The van der Waals surface area contributed by atoms with Crippen LogP contribution in [0.2, 0.25) is 0 Å². The minimum Gasteiger partial charge on any atom is -0.480 e. The first-order chi connectivity index (χ1) is 11.9. The van der Waals surface area contributed by atoms with Gasteiger partial charge in [0.25, 0.3) is 0 Å². The van der Waals surface area contributed by atoms with Crippen LogP contribution in [-0.2, 0) is 25.6 Å². The Balaban J connectivity index is 2.59. The largest absolute Gasteiger partial charge is 0.480 e. The maximum Gasteiger partial charge on any atom is 0.326 e. The van der Waals surface area contributed by atoms with Crippen molar-refractivity contribution in [3.05, 3.63) is 18.2 Å². The number of carboxylic acid groups (broad SMARTS) is 1. The number of nitrogens with one attached hydrogen (secondary N) is 4. The van der Waals surface area contributed by atoms with Crippen LogP contribution in [0.25, 0.3) is 0 Å². The van der Waals surface area contributed by atoms with E-state index < -0.39 is 35.8 Å². The minimum atomic E-state index is -1.23. The zero-order chi connectivity index (χ0) is 18.8. The first-order valence-electron chi connectivity index (χ1n) is 7.24. The number of thiol groups is 1. The molecule has 0 fully saturated rings. The number of amides is 3. The fraction of sp³-hybridized carbons (Fsp3) is 0.462. The number of hydrogen-bond acceptors (Lipinski definition) is 7. The zero-order valence-electron chi connectivity index (χ0n) is 13.2. The molecule has 0 aromatic carbocycles. The molecule has 1 aromatic heterocycles. The van der Waals surface area contributed by atoms with Gasteiger partial charge in [0.15, 0.2) is 0 Å². The summed E-state index contributed by atoms with van der Waals surface area (Å²) in [4.78, 5) is 52.7. The van der Waals surface area contributed by atoms with E-state index in [-0.39, 0.29) is 25.3 Å². The van der Waals surface area contributed by atoms with E-state index in [4.69, 9.17) is 5.73 Å². The molecule has 2 atom stereocenters. The van der Waals surface area contributed by atoms with Crippen LogP contribution in [0.4, 0.5) is 0 Å². The molecular formula is C13H20N6O5S. The highest BCUT2D eigenvalue weighted by Crippen LogP contribution is 2.00. The van der Waals surface area contributed by atoms with E-state index in [1.807, 2.05) is 0 Å². The number of nitrogens with two attached hydrogens (primary N) is 1. The summed E-state index contributed by atoms with van der Waals surface area (Å²) in [5.74, 6) is -3.15. The molecule has 7 N–H and O–H groups in total. The van der Waals surface area contributed by atoms with Crippen molar-refractivity contribution in [1.82, 2.24) is 25.9 Å². The quantitative estimate of drug-likeness (QED) is 0.214. The van der Waals surface area contributed by atoms with Gasteiger partial charge >= 0.3 is 5.97 Å². The van der Waals surface area contributed by atoms with Crippen LogP contribution in [0.1, 0.15) is 5.69 Å². The van der Waals surface area contributed by atoms with E-state index in [1.54, 1.807) is 0 Å². The van der Waals surface area contributed by atoms with Crippen molar-refractivity contribution in [2.45, 2.75) is 18.5 Å². The highest BCUT2D eigenvalue weighted by atomic mass is 32.1. The molecule has 0 spiro atoms. The van der Waals surface area contributed by atoms with Gasteiger partial charge in [-0.2, -0.15) is 12.6 Å². The van der Waals surface area contributed by atoms with Gasteiger partial charge in [0.1, 0.15) is 12.1 Å². The maximum absolute atomic E-state index is 12.2. The summed E-state index contributed by atoms with van der Waals surface area (Å²) in [7, 11) is 0. The molecule has 1 aromatic rings. The van der Waals surface area contributed by atoms with Gasteiger partial charge < -0.3 is 31.8 Å². The van der Waals surface area contributed by atoms with Gasteiger partial charge in [-0.3, -0.25) is 14.4 Å². The predicted octanol–water partition coefficient (Wildman–Crippen LogP) is -2.99. The fourth-order valence-corrected chi connectivity index (χ4v) is 2.04. The summed E-state index contributed by atoms with van der Waals surface area (Å²) in [6, 6.07) is -2.27. The van der Waals surface area contributed by atoms with Gasteiger partial charge in [0.05, 0.1) is 19.4 Å². The van der Waals surface area contributed by atoms with Gasteiger partial charge in [-0.05, 0) is 0 Å².